The van der Waals surface area contributed by atoms with Crippen molar-refractivity contribution in [3.05, 3.63) is 29.8 Å². The van der Waals surface area contributed by atoms with Crippen molar-refractivity contribution >= 4 is 17.4 Å². The van der Waals surface area contributed by atoms with Crippen molar-refractivity contribution in [2.45, 2.75) is 13.3 Å². The highest BCUT2D eigenvalue weighted by atomic mass is 16.4. The number of carbonyl (C=O) groups is 2. The number of Topliss-reactive ketones (excluding diaryl/α,β-unsaturated/α-hetero) is 1. The second kappa shape index (κ2) is 4.59. The third kappa shape index (κ3) is 3.09. The van der Waals surface area contributed by atoms with Crippen LogP contribution in [0.15, 0.2) is 24.3 Å². The number of hydrogen-bond donors (Lipinski definition) is 2. The van der Waals surface area contributed by atoms with Crippen LogP contribution in [0.4, 0.5) is 5.69 Å². The molecule has 15 heavy (non-hydrogen) atoms. The van der Waals surface area contributed by atoms with E-state index in [1.165, 1.54) is 0 Å². The molecule has 0 radical (unpaired) electrons. The highest BCUT2D eigenvalue weighted by molar-refractivity contribution is 5.99. The Morgan fingerprint density at radius 3 is 2.67 bits per heavy atom. The zero-order valence-corrected chi connectivity index (χ0v) is 8.43. The number of carboxylic acid groups (broad SMARTS) is 1. The molecular weight excluding hydrogens is 194 g/mol. The number of rotatable bonds is 4. The van der Waals surface area contributed by atoms with Crippen molar-refractivity contribution in [1.29, 1.82) is 0 Å². The van der Waals surface area contributed by atoms with E-state index in [1.807, 2.05) is 0 Å². The van der Waals surface area contributed by atoms with Gasteiger partial charge in [0.25, 0.3) is 0 Å². The molecule has 4 heteroatoms. The van der Waals surface area contributed by atoms with Crippen molar-refractivity contribution in [2.24, 2.45) is 5.92 Å². The minimum atomic E-state index is -0.972. The topological polar surface area (TPSA) is 80.4 Å². The lowest BCUT2D eigenvalue weighted by atomic mass is 9.96. The number of carbonyl (C=O) groups excluding carboxylic acids is 1. The Morgan fingerprint density at radius 2 is 2.13 bits per heavy atom. The SMILES string of the molecule is CC(CC(=O)O)C(=O)c1cccc(N)c1. The molecule has 1 atom stereocenters. The quantitative estimate of drug-likeness (QED) is 0.580. The summed E-state index contributed by atoms with van der Waals surface area (Å²) in [5.41, 5.74) is 6.49. The molecule has 1 aromatic carbocycles. The van der Waals surface area contributed by atoms with E-state index in [1.54, 1.807) is 31.2 Å². The maximum absolute atomic E-state index is 11.7. The van der Waals surface area contributed by atoms with Gasteiger partial charge in [-0.05, 0) is 12.1 Å². The first-order valence-corrected chi connectivity index (χ1v) is 4.62. The number of anilines is 1. The number of nitrogens with two attached hydrogens (primary N) is 1. The zero-order valence-electron chi connectivity index (χ0n) is 8.43. The van der Waals surface area contributed by atoms with E-state index in [4.69, 9.17) is 10.8 Å². The molecule has 0 saturated carbocycles. The molecule has 0 aliphatic heterocycles. The molecule has 0 bridgehead atoms. The summed E-state index contributed by atoms with van der Waals surface area (Å²) in [6, 6.07) is 6.55. The van der Waals surface area contributed by atoms with Crippen LogP contribution < -0.4 is 5.73 Å². The van der Waals surface area contributed by atoms with E-state index in [0.717, 1.165) is 0 Å². The number of benzene rings is 1. The fourth-order valence-electron chi connectivity index (χ4n) is 1.33. The lowest BCUT2D eigenvalue weighted by molar-refractivity contribution is -0.137. The predicted molar refractivity (Wildman–Crippen MR) is 56.6 cm³/mol. The van der Waals surface area contributed by atoms with Crippen LogP contribution in [0.3, 0.4) is 0 Å². The van der Waals surface area contributed by atoms with Gasteiger partial charge in [0.05, 0.1) is 6.42 Å². The maximum Gasteiger partial charge on any atom is 0.304 e. The minimum absolute atomic E-state index is 0.159. The molecule has 1 rings (SSSR count). The fourth-order valence-corrected chi connectivity index (χ4v) is 1.33. The van der Waals surface area contributed by atoms with Gasteiger partial charge in [-0.25, -0.2) is 0 Å². The zero-order chi connectivity index (χ0) is 11.4. The number of carboxylic acids is 1. The van der Waals surface area contributed by atoms with Gasteiger partial charge < -0.3 is 10.8 Å². The summed E-state index contributed by atoms with van der Waals surface area (Å²) in [5.74, 6) is -1.69. The predicted octanol–water partition coefficient (Wildman–Crippen LogP) is 1.56. The number of nitrogen functional groups attached to an aromatic ring is 1. The van der Waals surface area contributed by atoms with E-state index in [2.05, 4.69) is 0 Å². The summed E-state index contributed by atoms with van der Waals surface area (Å²) in [7, 11) is 0. The average Bonchev–Trinajstić information content (AvgIpc) is 2.15. The van der Waals surface area contributed by atoms with Gasteiger partial charge in [0, 0.05) is 17.2 Å². The van der Waals surface area contributed by atoms with Gasteiger partial charge in [-0.15, -0.1) is 0 Å². The van der Waals surface area contributed by atoms with Crippen LogP contribution in [-0.4, -0.2) is 16.9 Å². The molecule has 0 heterocycles. The van der Waals surface area contributed by atoms with Gasteiger partial charge in [0.2, 0.25) is 0 Å². The van der Waals surface area contributed by atoms with Crippen LogP contribution in [0.2, 0.25) is 0 Å². The molecule has 4 nitrogen and oxygen atoms in total. The Balaban J connectivity index is 2.80. The smallest absolute Gasteiger partial charge is 0.304 e. The highest BCUT2D eigenvalue weighted by Crippen LogP contribution is 2.14. The third-order valence-electron chi connectivity index (χ3n) is 2.10. The Hall–Kier alpha value is -1.84. The molecule has 0 spiro atoms. The minimum Gasteiger partial charge on any atom is -0.481 e. The molecule has 0 aliphatic carbocycles. The Labute approximate surface area is 87.7 Å². The summed E-state index contributed by atoms with van der Waals surface area (Å²) < 4.78 is 0. The van der Waals surface area contributed by atoms with Crippen LogP contribution in [0.5, 0.6) is 0 Å². The van der Waals surface area contributed by atoms with E-state index in [0.29, 0.717) is 11.3 Å². The van der Waals surface area contributed by atoms with Gasteiger partial charge in [-0.1, -0.05) is 19.1 Å². The summed E-state index contributed by atoms with van der Waals surface area (Å²) in [6.45, 7) is 1.60. The van der Waals surface area contributed by atoms with Crippen molar-refractivity contribution in [1.82, 2.24) is 0 Å². The lowest BCUT2D eigenvalue weighted by Crippen LogP contribution is -2.15. The number of aliphatic carboxylic acids is 1. The summed E-state index contributed by atoms with van der Waals surface area (Å²) >= 11 is 0. The molecule has 0 amide bonds. The fraction of sp³-hybridized carbons (Fsp3) is 0.273. The van der Waals surface area contributed by atoms with Crippen LogP contribution in [0.25, 0.3) is 0 Å². The molecule has 1 aromatic rings. The van der Waals surface area contributed by atoms with E-state index in [9.17, 15) is 9.59 Å². The third-order valence-corrected chi connectivity index (χ3v) is 2.10. The molecular formula is C11H13NO3. The molecule has 0 aliphatic rings. The van der Waals surface area contributed by atoms with Crippen LogP contribution >= 0.6 is 0 Å². The molecule has 0 fully saturated rings. The molecule has 0 aromatic heterocycles. The molecule has 80 valence electrons. The Bertz CT molecular complexity index is 387. The first kappa shape index (κ1) is 11.2. The average molecular weight is 207 g/mol. The number of ketones is 1. The van der Waals surface area contributed by atoms with Gasteiger partial charge >= 0.3 is 5.97 Å². The van der Waals surface area contributed by atoms with Gasteiger partial charge in [0.15, 0.2) is 5.78 Å². The molecule has 3 N–H and O–H groups in total. The van der Waals surface area contributed by atoms with E-state index >= 15 is 0 Å². The first-order valence-electron chi connectivity index (χ1n) is 4.62. The Kier molecular flexibility index (Phi) is 3.44. The van der Waals surface area contributed by atoms with Gasteiger partial charge in [-0.2, -0.15) is 0 Å². The standard InChI is InChI=1S/C11H13NO3/c1-7(5-10(13)14)11(15)8-3-2-4-9(12)6-8/h2-4,6-7H,5,12H2,1H3,(H,13,14). The molecule has 1 unspecified atom stereocenters. The molecule has 0 saturated heterocycles. The number of hydrogen-bond acceptors (Lipinski definition) is 3. The second-order valence-electron chi connectivity index (χ2n) is 3.49. The van der Waals surface area contributed by atoms with E-state index in [-0.39, 0.29) is 12.2 Å². The largest absolute Gasteiger partial charge is 0.481 e. The lowest BCUT2D eigenvalue weighted by Gasteiger charge is -2.07. The van der Waals surface area contributed by atoms with Crippen LogP contribution in [0.1, 0.15) is 23.7 Å². The van der Waals surface area contributed by atoms with Crippen molar-refractivity contribution in [2.75, 3.05) is 5.73 Å². The van der Waals surface area contributed by atoms with Crippen molar-refractivity contribution < 1.29 is 14.7 Å². The van der Waals surface area contributed by atoms with Crippen molar-refractivity contribution in [3.8, 4) is 0 Å². The second-order valence-corrected chi connectivity index (χ2v) is 3.49. The van der Waals surface area contributed by atoms with Crippen molar-refractivity contribution in [3.63, 3.8) is 0 Å². The monoisotopic (exact) mass is 207 g/mol. The van der Waals surface area contributed by atoms with Crippen LogP contribution in [0, 0.1) is 5.92 Å². The summed E-state index contributed by atoms with van der Waals surface area (Å²) in [6.07, 6.45) is -0.159. The highest BCUT2D eigenvalue weighted by Gasteiger charge is 2.17. The Morgan fingerprint density at radius 1 is 1.47 bits per heavy atom. The normalized spacial score (nSPS) is 12.1. The maximum atomic E-state index is 11.7. The van der Waals surface area contributed by atoms with Gasteiger partial charge in [0.1, 0.15) is 0 Å². The van der Waals surface area contributed by atoms with Gasteiger partial charge in [-0.3, -0.25) is 9.59 Å². The first-order chi connectivity index (χ1) is 7.00. The summed E-state index contributed by atoms with van der Waals surface area (Å²) in [5, 5.41) is 8.56. The summed E-state index contributed by atoms with van der Waals surface area (Å²) in [4.78, 5) is 22.1. The van der Waals surface area contributed by atoms with E-state index < -0.39 is 11.9 Å². The van der Waals surface area contributed by atoms with Crippen LogP contribution in [-0.2, 0) is 4.79 Å².